The maximum atomic E-state index is 8.71. The van der Waals surface area contributed by atoms with Crippen molar-refractivity contribution in [2.45, 2.75) is 18.4 Å². The molecule has 2 rings (SSSR count). The Hall–Kier alpha value is -1.14. The Morgan fingerprint density at radius 3 is 3.20 bits per heavy atom. The zero-order valence-corrected chi connectivity index (χ0v) is 9.24. The van der Waals surface area contributed by atoms with E-state index in [1.54, 1.807) is 16.3 Å². The van der Waals surface area contributed by atoms with Crippen LogP contribution in [0, 0.1) is 6.92 Å². The van der Waals surface area contributed by atoms with Crippen LogP contribution in [0.2, 0.25) is 0 Å². The van der Waals surface area contributed by atoms with E-state index in [0.29, 0.717) is 5.78 Å². The lowest BCUT2D eigenvalue weighted by molar-refractivity contribution is 0.296. The molecular weight excluding hydrogens is 212 g/mol. The number of hydrogen-bond acceptors (Lipinski definition) is 5. The van der Waals surface area contributed by atoms with Crippen molar-refractivity contribution in [2.24, 2.45) is 0 Å². The van der Waals surface area contributed by atoms with Crippen LogP contribution in [0.5, 0.6) is 0 Å². The highest BCUT2D eigenvalue weighted by atomic mass is 32.2. The van der Waals surface area contributed by atoms with Crippen LogP contribution < -0.4 is 0 Å². The number of aromatic nitrogens is 4. The van der Waals surface area contributed by atoms with Crippen LogP contribution in [-0.4, -0.2) is 37.0 Å². The maximum absolute atomic E-state index is 8.71. The van der Waals surface area contributed by atoms with Crippen molar-refractivity contribution in [2.75, 3.05) is 12.4 Å². The molecule has 2 aromatic heterocycles. The number of nitrogens with zero attached hydrogens (tertiary/aromatic N) is 4. The molecule has 0 amide bonds. The van der Waals surface area contributed by atoms with Gasteiger partial charge < -0.3 is 5.11 Å². The zero-order valence-electron chi connectivity index (χ0n) is 8.42. The average molecular weight is 224 g/mol. The molecule has 0 fully saturated rings. The predicted molar refractivity (Wildman–Crippen MR) is 57.9 cm³/mol. The average Bonchev–Trinajstić information content (AvgIpc) is 2.65. The molecule has 0 saturated heterocycles. The van der Waals surface area contributed by atoms with E-state index in [9.17, 15) is 0 Å². The monoisotopic (exact) mass is 224 g/mol. The van der Waals surface area contributed by atoms with Gasteiger partial charge in [0.15, 0.2) is 0 Å². The highest BCUT2D eigenvalue weighted by molar-refractivity contribution is 7.99. The van der Waals surface area contributed by atoms with Crippen LogP contribution in [0.1, 0.15) is 12.1 Å². The summed E-state index contributed by atoms with van der Waals surface area (Å²) in [6.07, 6.45) is 2.28. The number of thioether (sulfide) groups is 1. The van der Waals surface area contributed by atoms with Gasteiger partial charge in [-0.25, -0.2) is 4.98 Å². The normalized spacial score (nSPS) is 11.1. The van der Waals surface area contributed by atoms with Crippen molar-refractivity contribution in [3.05, 3.63) is 18.1 Å². The molecule has 0 aromatic carbocycles. The summed E-state index contributed by atoms with van der Waals surface area (Å²) in [6.45, 7) is 2.16. The summed E-state index contributed by atoms with van der Waals surface area (Å²) in [6, 6.07) is 1.98. The molecule has 2 aromatic rings. The third-order valence-electron chi connectivity index (χ3n) is 1.90. The topological polar surface area (TPSA) is 63.3 Å². The molecule has 0 saturated carbocycles. The molecule has 0 bridgehead atoms. The number of rotatable bonds is 4. The lowest BCUT2D eigenvalue weighted by Gasteiger charge is -2.03. The minimum Gasteiger partial charge on any atom is -0.396 e. The first-order chi connectivity index (χ1) is 7.31. The molecule has 1 N–H and O–H groups in total. The quantitative estimate of drug-likeness (QED) is 0.475. The Labute approximate surface area is 91.6 Å². The van der Waals surface area contributed by atoms with Gasteiger partial charge in [0.1, 0.15) is 11.4 Å². The van der Waals surface area contributed by atoms with Crippen LogP contribution in [0.25, 0.3) is 5.78 Å². The summed E-state index contributed by atoms with van der Waals surface area (Å²) >= 11 is 1.65. The second-order valence-electron chi connectivity index (χ2n) is 3.13. The number of aryl methyl sites for hydroxylation is 1. The molecule has 0 aliphatic carbocycles. The molecule has 0 radical (unpaired) electrons. The summed E-state index contributed by atoms with van der Waals surface area (Å²) in [5, 5.41) is 13.8. The van der Waals surface area contributed by atoms with E-state index in [-0.39, 0.29) is 6.61 Å². The molecule has 0 spiro atoms. The summed E-state index contributed by atoms with van der Waals surface area (Å²) in [5.41, 5.74) is 0.932. The Balaban J connectivity index is 2.27. The fraction of sp³-hybridized carbons (Fsp3) is 0.444. The molecule has 0 unspecified atom stereocenters. The number of aliphatic hydroxyl groups is 1. The first-order valence-electron chi connectivity index (χ1n) is 4.72. The van der Waals surface area contributed by atoms with E-state index in [4.69, 9.17) is 5.11 Å². The number of fused-ring (bicyclic) bond motifs is 1. The summed E-state index contributed by atoms with van der Waals surface area (Å²) < 4.78 is 1.72. The number of hydrogen-bond donors (Lipinski definition) is 1. The Bertz CT molecular complexity index is 456. The van der Waals surface area contributed by atoms with Gasteiger partial charge >= 0.3 is 0 Å². The van der Waals surface area contributed by atoms with Gasteiger partial charge in [-0.2, -0.15) is 14.6 Å². The van der Waals surface area contributed by atoms with Gasteiger partial charge in [-0.1, -0.05) is 0 Å². The van der Waals surface area contributed by atoms with Crippen molar-refractivity contribution in [3.63, 3.8) is 0 Å². The molecule has 2 heterocycles. The minimum absolute atomic E-state index is 0.220. The van der Waals surface area contributed by atoms with Crippen molar-refractivity contribution >= 4 is 17.5 Å². The SMILES string of the molecule is Cc1cc(SCCCO)n2ncnc2n1. The van der Waals surface area contributed by atoms with E-state index in [1.165, 1.54) is 6.33 Å². The molecule has 0 atom stereocenters. The van der Waals surface area contributed by atoms with E-state index < -0.39 is 0 Å². The Morgan fingerprint density at radius 1 is 1.53 bits per heavy atom. The zero-order chi connectivity index (χ0) is 10.7. The third-order valence-corrected chi connectivity index (χ3v) is 2.98. The first kappa shape index (κ1) is 10.4. The Morgan fingerprint density at radius 2 is 2.40 bits per heavy atom. The van der Waals surface area contributed by atoms with Crippen molar-refractivity contribution in [1.29, 1.82) is 0 Å². The second-order valence-corrected chi connectivity index (χ2v) is 4.25. The standard InChI is InChI=1S/C9H12N4OS/c1-7-5-8(15-4-2-3-14)13-9(12-7)10-6-11-13/h5-6,14H,2-4H2,1H3. The van der Waals surface area contributed by atoms with Crippen LogP contribution in [0.15, 0.2) is 17.4 Å². The highest BCUT2D eigenvalue weighted by Crippen LogP contribution is 2.19. The third kappa shape index (κ3) is 2.27. The fourth-order valence-electron chi connectivity index (χ4n) is 1.24. The highest BCUT2D eigenvalue weighted by Gasteiger charge is 2.05. The van der Waals surface area contributed by atoms with Crippen molar-refractivity contribution in [3.8, 4) is 0 Å². The van der Waals surface area contributed by atoms with E-state index >= 15 is 0 Å². The van der Waals surface area contributed by atoms with Crippen LogP contribution in [0.3, 0.4) is 0 Å². The minimum atomic E-state index is 0.220. The molecule has 0 aliphatic heterocycles. The van der Waals surface area contributed by atoms with Gasteiger partial charge in [-0.05, 0) is 19.4 Å². The fourth-order valence-corrected chi connectivity index (χ4v) is 2.23. The van der Waals surface area contributed by atoms with Gasteiger partial charge in [-0.15, -0.1) is 11.8 Å². The lowest BCUT2D eigenvalue weighted by Crippen LogP contribution is -1.98. The predicted octanol–water partition coefficient (Wildman–Crippen LogP) is 0.907. The summed E-state index contributed by atoms with van der Waals surface area (Å²) in [4.78, 5) is 8.30. The molecule has 15 heavy (non-hydrogen) atoms. The van der Waals surface area contributed by atoms with E-state index in [0.717, 1.165) is 22.9 Å². The number of aliphatic hydroxyl groups excluding tert-OH is 1. The largest absolute Gasteiger partial charge is 0.396 e. The molecule has 0 aliphatic rings. The van der Waals surface area contributed by atoms with Crippen LogP contribution in [-0.2, 0) is 0 Å². The van der Waals surface area contributed by atoms with Crippen LogP contribution >= 0.6 is 11.8 Å². The van der Waals surface area contributed by atoms with Crippen molar-refractivity contribution in [1.82, 2.24) is 19.6 Å². The van der Waals surface area contributed by atoms with Gasteiger partial charge in [0.2, 0.25) is 0 Å². The summed E-state index contributed by atoms with van der Waals surface area (Å²) in [7, 11) is 0. The molecule has 80 valence electrons. The van der Waals surface area contributed by atoms with Gasteiger partial charge in [0.25, 0.3) is 5.78 Å². The molecule has 6 heteroatoms. The van der Waals surface area contributed by atoms with E-state index in [2.05, 4.69) is 15.1 Å². The smallest absolute Gasteiger partial charge is 0.253 e. The van der Waals surface area contributed by atoms with Gasteiger partial charge in [0, 0.05) is 18.1 Å². The molecular formula is C9H12N4OS. The molecule has 5 nitrogen and oxygen atoms in total. The van der Waals surface area contributed by atoms with Crippen molar-refractivity contribution < 1.29 is 5.11 Å². The second kappa shape index (κ2) is 4.59. The maximum Gasteiger partial charge on any atom is 0.253 e. The first-order valence-corrected chi connectivity index (χ1v) is 5.71. The lowest BCUT2D eigenvalue weighted by atomic mass is 10.5. The van der Waals surface area contributed by atoms with Crippen LogP contribution in [0.4, 0.5) is 0 Å². The van der Waals surface area contributed by atoms with Gasteiger partial charge in [0.05, 0.1) is 0 Å². The Kier molecular flexibility index (Phi) is 3.17. The summed E-state index contributed by atoms with van der Waals surface area (Å²) in [5.74, 6) is 1.50. The van der Waals surface area contributed by atoms with E-state index in [1.807, 2.05) is 13.0 Å². The van der Waals surface area contributed by atoms with Gasteiger partial charge in [-0.3, -0.25) is 0 Å².